The lowest BCUT2D eigenvalue weighted by Gasteiger charge is -2.08. The highest BCUT2D eigenvalue weighted by Gasteiger charge is 2.17. The van der Waals surface area contributed by atoms with Crippen molar-refractivity contribution in [3.8, 4) is 0 Å². The van der Waals surface area contributed by atoms with E-state index in [1.54, 1.807) is 11.3 Å². The summed E-state index contributed by atoms with van der Waals surface area (Å²) in [6.45, 7) is 3.03. The summed E-state index contributed by atoms with van der Waals surface area (Å²) in [5.74, 6) is 2.32. The van der Waals surface area contributed by atoms with E-state index < -0.39 is 6.10 Å². The number of ether oxygens (including phenoxy) is 1. The second-order valence-corrected chi connectivity index (χ2v) is 5.85. The van der Waals surface area contributed by atoms with Crippen LogP contribution in [0, 0.1) is 0 Å². The zero-order valence-corrected chi connectivity index (χ0v) is 10.5. The van der Waals surface area contributed by atoms with Gasteiger partial charge in [0.15, 0.2) is 0 Å². The van der Waals surface area contributed by atoms with E-state index in [9.17, 15) is 5.11 Å². The molecule has 1 aromatic rings. The first kappa shape index (κ1) is 11.5. The Balaban J connectivity index is 2.05. The third-order valence-electron chi connectivity index (χ3n) is 2.45. The van der Waals surface area contributed by atoms with Crippen molar-refractivity contribution in [1.82, 2.24) is 0 Å². The maximum Gasteiger partial charge on any atom is 0.111 e. The van der Waals surface area contributed by atoms with Crippen LogP contribution in [0.4, 0.5) is 0 Å². The Labute approximate surface area is 98.7 Å². The number of aliphatic hydroxyl groups is 1. The Morgan fingerprint density at radius 1 is 1.60 bits per heavy atom. The van der Waals surface area contributed by atoms with E-state index in [1.165, 1.54) is 16.2 Å². The third kappa shape index (κ3) is 2.75. The van der Waals surface area contributed by atoms with Crippen LogP contribution in [0.2, 0.25) is 0 Å². The number of fused-ring (bicyclic) bond motifs is 1. The SMILES string of the molecule is CCOCC(O)c1cc2c(s1)CCSC2. The molecule has 2 rings (SSSR count). The molecule has 0 fully saturated rings. The average Bonchev–Trinajstić information content (AvgIpc) is 2.69. The lowest BCUT2D eigenvalue weighted by Crippen LogP contribution is -2.05. The van der Waals surface area contributed by atoms with Gasteiger partial charge >= 0.3 is 0 Å². The number of rotatable bonds is 4. The van der Waals surface area contributed by atoms with Crippen molar-refractivity contribution >= 4 is 23.1 Å². The molecule has 1 aliphatic heterocycles. The minimum absolute atomic E-state index is 0.420. The molecule has 0 amide bonds. The van der Waals surface area contributed by atoms with Crippen molar-refractivity contribution in [1.29, 1.82) is 0 Å². The van der Waals surface area contributed by atoms with E-state index >= 15 is 0 Å². The van der Waals surface area contributed by atoms with Gasteiger partial charge in [-0.05, 0) is 30.7 Å². The average molecular weight is 244 g/mol. The second-order valence-electron chi connectivity index (χ2n) is 3.58. The van der Waals surface area contributed by atoms with Gasteiger partial charge in [-0.3, -0.25) is 0 Å². The maximum absolute atomic E-state index is 9.88. The summed E-state index contributed by atoms with van der Waals surface area (Å²) in [5.41, 5.74) is 1.42. The van der Waals surface area contributed by atoms with Crippen LogP contribution in [-0.4, -0.2) is 24.1 Å². The molecular weight excluding hydrogens is 228 g/mol. The van der Waals surface area contributed by atoms with Gasteiger partial charge in [0.25, 0.3) is 0 Å². The first-order valence-electron chi connectivity index (χ1n) is 5.26. The van der Waals surface area contributed by atoms with Crippen LogP contribution in [0.25, 0.3) is 0 Å². The van der Waals surface area contributed by atoms with Crippen molar-refractivity contribution in [2.24, 2.45) is 0 Å². The predicted octanol–water partition coefficient (Wildman–Crippen LogP) is 2.61. The number of thiophene rings is 1. The molecule has 84 valence electrons. The molecule has 15 heavy (non-hydrogen) atoms. The molecule has 4 heteroatoms. The quantitative estimate of drug-likeness (QED) is 0.883. The lowest BCUT2D eigenvalue weighted by atomic mass is 10.2. The number of hydrogen-bond donors (Lipinski definition) is 1. The standard InChI is InChI=1S/C11H16O2S2/c1-2-13-6-9(12)11-5-8-7-14-4-3-10(8)15-11/h5,9,12H,2-4,6-7H2,1H3. The normalized spacial score (nSPS) is 17.5. The summed E-state index contributed by atoms with van der Waals surface area (Å²) >= 11 is 3.72. The van der Waals surface area contributed by atoms with Crippen LogP contribution in [0.5, 0.6) is 0 Å². The highest BCUT2D eigenvalue weighted by atomic mass is 32.2. The van der Waals surface area contributed by atoms with E-state index in [0.717, 1.165) is 17.1 Å². The molecule has 1 atom stereocenters. The van der Waals surface area contributed by atoms with E-state index in [-0.39, 0.29) is 0 Å². The topological polar surface area (TPSA) is 29.5 Å². The number of aryl methyl sites for hydroxylation is 1. The van der Waals surface area contributed by atoms with Gasteiger partial charge in [-0.1, -0.05) is 0 Å². The van der Waals surface area contributed by atoms with Crippen LogP contribution < -0.4 is 0 Å². The molecule has 0 aromatic carbocycles. The first-order chi connectivity index (χ1) is 7.31. The molecule has 1 unspecified atom stereocenters. The fraction of sp³-hybridized carbons (Fsp3) is 0.636. The summed E-state index contributed by atoms with van der Waals surface area (Å²) in [7, 11) is 0. The first-order valence-corrected chi connectivity index (χ1v) is 7.23. The minimum Gasteiger partial charge on any atom is -0.385 e. The molecule has 0 saturated heterocycles. The predicted molar refractivity (Wildman–Crippen MR) is 65.6 cm³/mol. The van der Waals surface area contributed by atoms with Gasteiger partial charge in [0.2, 0.25) is 0 Å². The van der Waals surface area contributed by atoms with Crippen LogP contribution in [0.3, 0.4) is 0 Å². The molecule has 0 radical (unpaired) electrons. The molecule has 2 nitrogen and oxygen atoms in total. The van der Waals surface area contributed by atoms with E-state index in [0.29, 0.717) is 13.2 Å². The van der Waals surface area contributed by atoms with Gasteiger partial charge in [0.1, 0.15) is 6.10 Å². The molecule has 1 aliphatic rings. The van der Waals surface area contributed by atoms with Crippen molar-refractivity contribution in [2.75, 3.05) is 19.0 Å². The van der Waals surface area contributed by atoms with Gasteiger partial charge in [0, 0.05) is 22.1 Å². The van der Waals surface area contributed by atoms with Gasteiger partial charge in [0.05, 0.1) is 6.61 Å². The van der Waals surface area contributed by atoms with Crippen LogP contribution in [-0.2, 0) is 16.9 Å². The van der Waals surface area contributed by atoms with Crippen molar-refractivity contribution in [3.05, 3.63) is 21.4 Å². The fourth-order valence-corrected chi connectivity index (χ4v) is 3.99. The van der Waals surface area contributed by atoms with E-state index in [1.807, 2.05) is 18.7 Å². The lowest BCUT2D eigenvalue weighted by molar-refractivity contribution is 0.0439. The highest BCUT2D eigenvalue weighted by Crippen LogP contribution is 2.34. The fourth-order valence-electron chi connectivity index (χ4n) is 1.65. The summed E-state index contributed by atoms with van der Waals surface area (Å²) < 4.78 is 5.23. The Morgan fingerprint density at radius 3 is 3.20 bits per heavy atom. The summed E-state index contributed by atoms with van der Waals surface area (Å²) in [5, 5.41) is 9.88. The van der Waals surface area contributed by atoms with Gasteiger partial charge in [-0.15, -0.1) is 11.3 Å². The second kappa shape index (κ2) is 5.34. The Morgan fingerprint density at radius 2 is 2.47 bits per heavy atom. The monoisotopic (exact) mass is 244 g/mol. The van der Waals surface area contributed by atoms with Crippen LogP contribution in [0.1, 0.15) is 28.3 Å². The summed E-state index contributed by atoms with van der Waals surface area (Å²) in [4.78, 5) is 2.52. The molecule has 1 aromatic heterocycles. The third-order valence-corrected chi connectivity index (χ3v) is 4.80. The molecule has 1 N–H and O–H groups in total. The zero-order valence-electron chi connectivity index (χ0n) is 8.86. The van der Waals surface area contributed by atoms with Crippen LogP contribution >= 0.6 is 23.1 Å². The van der Waals surface area contributed by atoms with Gasteiger partial charge in [-0.25, -0.2) is 0 Å². The number of hydrogen-bond acceptors (Lipinski definition) is 4. The highest BCUT2D eigenvalue weighted by molar-refractivity contribution is 7.98. The molecule has 0 saturated carbocycles. The smallest absolute Gasteiger partial charge is 0.111 e. The molecule has 0 aliphatic carbocycles. The van der Waals surface area contributed by atoms with Gasteiger partial charge < -0.3 is 9.84 Å². The summed E-state index contributed by atoms with van der Waals surface area (Å²) in [6.07, 6.45) is 0.719. The largest absolute Gasteiger partial charge is 0.385 e. The zero-order chi connectivity index (χ0) is 10.7. The molecular formula is C11H16O2S2. The van der Waals surface area contributed by atoms with Crippen molar-refractivity contribution in [3.63, 3.8) is 0 Å². The van der Waals surface area contributed by atoms with E-state index in [4.69, 9.17) is 4.74 Å². The molecule has 0 spiro atoms. The number of thioether (sulfide) groups is 1. The van der Waals surface area contributed by atoms with Crippen LogP contribution in [0.15, 0.2) is 6.07 Å². The Hall–Kier alpha value is -0.0300. The summed E-state index contributed by atoms with van der Waals surface area (Å²) in [6, 6.07) is 2.15. The minimum atomic E-state index is -0.439. The van der Waals surface area contributed by atoms with E-state index in [2.05, 4.69) is 6.07 Å². The van der Waals surface area contributed by atoms with Gasteiger partial charge in [-0.2, -0.15) is 11.8 Å². The Bertz CT molecular complexity index is 299. The molecule has 0 bridgehead atoms. The van der Waals surface area contributed by atoms with Crippen molar-refractivity contribution in [2.45, 2.75) is 25.2 Å². The van der Waals surface area contributed by atoms with Crippen molar-refractivity contribution < 1.29 is 9.84 Å². The maximum atomic E-state index is 9.88. The molecule has 2 heterocycles. The Kier molecular flexibility index (Phi) is 4.08. The number of aliphatic hydroxyl groups excluding tert-OH is 1.